The first-order valence-electron chi connectivity index (χ1n) is 14.8. The number of carbonyl (C=O) groups excluding carboxylic acids is 2. The van der Waals surface area contributed by atoms with E-state index in [0.29, 0.717) is 30.6 Å². The van der Waals surface area contributed by atoms with Crippen LogP contribution in [0.1, 0.15) is 84.6 Å². The van der Waals surface area contributed by atoms with Crippen molar-refractivity contribution in [2.75, 3.05) is 18.1 Å². The number of esters is 2. The molecule has 0 aliphatic carbocycles. The second kappa shape index (κ2) is 13.4. The maximum absolute atomic E-state index is 13.0. The van der Waals surface area contributed by atoms with E-state index in [4.69, 9.17) is 20.6 Å². The first-order valence-corrected chi connectivity index (χ1v) is 14.8. The Morgan fingerprint density at radius 3 is 2.62 bits per heavy atom. The van der Waals surface area contributed by atoms with Gasteiger partial charge in [-0.15, -0.1) is 6.42 Å². The summed E-state index contributed by atoms with van der Waals surface area (Å²) in [4.78, 5) is 31.8. The zero-order chi connectivity index (χ0) is 30.4. The predicted molar refractivity (Wildman–Crippen MR) is 160 cm³/mol. The van der Waals surface area contributed by atoms with Crippen molar-refractivity contribution in [1.29, 1.82) is 0 Å². The Balaban J connectivity index is 1.53. The van der Waals surface area contributed by atoms with Crippen LogP contribution in [0.25, 0.3) is 11.2 Å². The number of rotatable bonds is 13. The number of hydrogen-bond donors (Lipinski definition) is 1. The number of ether oxygens (including phenoxy) is 3. The van der Waals surface area contributed by atoms with Gasteiger partial charge in [0.15, 0.2) is 23.2 Å². The molecule has 1 fully saturated rings. The van der Waals surface area contributed by atoms with Crippen molar-refractivity contribution in [3.05, 3.63) is 41.7 Å². The van der Waals surface area contributed by atoms with Crippen LogP contribution in [0.5, 0.6) is 0 Å². The van der Waals surface area contributed by atoms with Crippen molar-refractivity contribution < 1.29 is 23.8 Å². The van der Waals surface area contributed by atoms with Crippen LogP contribution in [0.2, 0.25) is 0 Å². The zero-order valence-corrected chi connectivity index (χ0v) is 25.6. The Morgan fingerprint density at radius 2 is 2.00 bits per heavy atom. The third kappa shape index (κ3) is 6.79. The monoisotopic (exact) mass is 577 g/mol. The number of hydrogen-bond acceptors (Lipinski definition) is 8. The number of nitrogens with zero attached hydrogens (tertiary/aromatic N) is 4. The second-order valence-electron chi connectivity index (χ2n) is 11.6. The topological polar surface area (TPSA) is 112 Å². The number of H-pyrrole nitrogens is 1. The lowest BCUT2D eigenvalue weighted by Crippen LogP contribution is -2.33. The molecule has 1 aliphatic heterocycles. The SMILES string of the molecule is C#Cc1ccc(CN(CCC)c2n[nH]c3c2ncn3[C@@H]2O[C@H](COC(=O)C(CC)C(C)(C)CC)CC2OC(C)=O)cc1. The predicted octanol–water partition coefficient (Wildman–Crippen LogP) is 5.38. The van der Waals surface area contributed by atoms with Gasteiger partial charge in [0.25, 0.3) is 0 Å². The fraction of sp³-hybridized carbons (Fsp3) is 0.562. The van der Waals surface area contributed by atoms with E-state index in [2.05, 4.69) is 53.7 Å². The molecule has 1 aromatic carbocycles. The summed E-state index contributed by atoms with van der Waals surface area (Å²) in [6, 6.07) is 7.91. The Bertz CT molecular complexity index is 1400. The summed E-state index contributed by atoms with van der Waals surface area (Å²) in [7, 11) is 0. The van der Waals surface area contributed by atoms with E-state index in [0.717, 1.165) is 36.3 Å². The molecule has 0 bridgehead atoms. The number of anilines is 1. The molecule has 3 heterocycles. The van der Waals surface area contributed by atoms with Crippen LogP contribution in [-0.2, 0) is 30.3 Å². The van der Waals surface area contributed by atoms with Crippen molar-refractivity contribution in [2.24, 2.45) is 11.3 Å². The van der Waals surface area contributed by atoms with E-state index in [1.807, 2.05) is 35.8 Å². The summed E-state index contributed by atoms with van der Waals surface area (Å²) < 4.78 is 19.5. The molecule has 0 amide bonds. The van der Waals surface area contributed by atoms with Gasteiger partial charge >= 0.3 is 11.9 Å². The minimum atomic E-state index is -0.652. The maximum Gasteiger partial charge on any atom is 0.309 e. The maximum atomic E-state index is 13.0. The van der Waals surface area contributed by atoms with Crippen LogP contribution < -0.4 is 4.90 Å². The summed E-state index contributed by atoms with van der Waals surface area (Å²) in [5, 5.41) is 7.73. The molecule has 2 unspecified atom stereocenters. The lowest BCUT2D eigenvalue weighted by molar-refractivity contribution is -0.158. The number of benzene rings is 1. The van der Waals surface area contributed by atoms with Crippen molar-refractivity contribution in [3.63, 3.8) is 0 Å². The number of nitrogens with one attached hydrogen (secondary N) is 1. The molecule has 10 nitrogen and oxygen atoms in total. The number of aromatic amines is 1. The van der Waals surface area contributed by atoms with Gasteiger partial charge < -0.3 is 19.1 Å². The Hall–Kier alpha value is -3.84. The van der Waals surface area contributed by atoms with Gasteiger partial charge in [0, 0.05) is 32.0 Å². The van der Waals surface area contributed by atoms with Crippen molar-refractivity contribution in [1.82, 2.24) is 19.7 Å². The van der Waals surface area contributed by atoms with Crippen LogP contribution in [0.15, 0.2) is 30.6 Å². The van der Waals surface area contributed by atoms with Crippen molar-refractivity contribution >= 4 is 28.9 Å². The highest BCUT2D eigenvalue weighted by molar-refractivity contribution is 5.84. The molecular weight excluding hydrogens is 534 g/mol. The number of carbonyl (C=O) groups is 2. The molecule has 226 valence electrons. The first-order chi connectivity index (χ1) is 20.1. The third-order valence-corrected chi connectivity index (χ3v) is 8.26. The smallest absolute Gasteiger partial charge is 0.309 e. The summed E-state index contributed by atoms with van der Waals surface area (Å²) in [6.07, 6.45) is 8.40. The highest BCUT2D eigenvalue weighted by Crippen LogP contribution is 2.37. The van der Waals surface area contributed by atoms with E-state index in [9.17, 15) is 9.59 Å². The van der Waals surface area contributed by atoms with Gasteiger partial charge in [-0.2, -0.15) is 5.10 Å². The largest absolute Gasteiger partial charge is 0.463 e. The summed E-state index contributed by atoms with van der Waals surface area (Å²) in [6.45, 7) is 13.2. The summed E-state index contributed by atoms with van der Waals surface area (Å²) >= 11 is 0. The van der Waals surface area contributed by atoms with E-state index in [1.165, 1.54) is 6.92 Å². The van der Waals surface area contributed by atoms with Gasteiger partial charge in [-0.3, -0.25) is 19.3 Å². The lowest BCUT2D eigenvalue weighted by Gasteiger charge is -2.31. The van der Waals surface area contributed by atoms with E-state index < -0.39 is 24.4 Å². The van der Waals surface area contributed by atoms with Gasteiger partial charge in [0.2, 0.25) is 0 Å². The Morgan fingerprint density at radius 1 is 1.26 bits per heavy atom. The first kappa shape index (κ1) is 31.1. The van der Waals surface area contributed by atoms with Gasteiger partial charge in [0.1, 0.15) is 12.7 Å². The Kier molecular flexibility index (Phi) is 9.94. The fourth-order valence-electron chi connectivity index (χ4n) is 5.61. The number of imidazole rings is 1. The molecule has 2 aromatic heterocycles. The molecule has 42 heavy (non-hydrogen) atoms. The molecule has 4 rings (SSSR count). The molecule has 1 saturated heterocycles. The average molecular weight is 578 g/mol. The number of fused-ring (bicyclic) bond motifs is 1. The molecule has 0 radical (unpaired) electrons. The molecule has 10 heteroatoms. The van der Waals surface area contributed by atoms with Gasteiger partial charge in [-0.05, 0) is 36.0 Å². The van der Waals surface area contributed by atoms with E-state index in [-0.39, 0.29) is 23.9 Å². The van der Waals surface area contributed by atoms with Crippen LogP contribution >= 0.6 is 0 Å². The minimum absolute atomic E-state index is 0.0816. The van der Waals surface area contributed by atoms with E-state index in [1.54, 1.807) is 6.33 Å². The van der Waals surface area contributed by atoms with Gasteiger partial charge in [-0.1, -0.05) is 59.1 Å². The highest BCUT2D eigenvalue weighted by atomic mass is 16.6. The molecule has 1 aliphatic rings. The summed E-state index contributed by atoms with van der Waals surface area (Å²) in [5.74, 6) is 2.53. The quantitative estimate of drug-likeness (QED) is 0.213. The zero-order valence-electron chi connectivity index (χ0n) is 25.6. The average Bonchev–Trinajstić information content (AvgIpc) is 3.67. The molecule has 0 saturated carbocycles. The van der Waals surface area contributed by atoms with Gasteiger partial charge in [0.05, 0.1) is 18.3 Å². The minimum Gasteiger partial charge on any atom is -0.463 e. The highest BCUT2D eigenvalue weighted by Gasteiger charge is 2.41. The van der Waals surface area contributed by atoms with E-state index >= 15 is 0 Å². The third-order valence-electron chi connectivity index (χ3n) is 8.26. The van der Waals surface area contributed by atoms with Gasteiger partial charge in [-0.25, -0.2) is 4.98 Å². The fourth-order valence-corrected chi connectivity index (χ4v) is 5.61. The molecule has 1 N–H and O–H groups in total. The molecule has 3 aromatic rings. The van der Waals surface area contributed by atoms with Crippen LogP contribution in [-0.4, -0.2) is 57.0 Å². The standard InChI is InChI=1S/C32H43N5O5/c1-8-16-36(18-23-14-12-22(9-2)13-15-23)28-27-29(35-34-28)37(20-33-27)30-26(41-21(5)38)17-24(42-30)19-40-31(39)25(10-3)32(6,7)11-4/h2,12-15,20,24-26,30H,8,10-11,16-19H2,1,3-7H3,(H,34,35)/t24-,25?,26?,30+/m0/s1. The van der Waals surface area contributed by atoms with Crippen molar-refractivity contribution in [3.8, 4) is 12.3 Å². The van der Waals surface area contributed by atoms with Crippen molar-refractivity contribution in [2.45, 2.75) is 92.2 Å². The normalized spacial score (nSPS) is 19.4. The van der Waals surface area contributed by atoms with Crippen LogP contribution in [0, 0.1) is 23.7 Å². The van der Waals surface area contributed by atoms with Crippen LogP contribution in [0.4, 0.5) is 5.82 Å². The molecule has 0 spiro atoms. The number of terminal acetylenes is 1. The lowest BCUT2D eigenvalue weighted by atomic mass is 9.75. The Labute approximate surface area is 248 Å². The second-order valence-corrected chi connectivity index (χ2v) is 11.6. The molecular formula is C32H43N5O5. The number of aromatic nitrogens is 4. The van der Waals surface area contributed by atoms with Crippen LogP contribution in [0.3, 0.4) is 0 Å². The molecule has 4 atom stereocenters. The summed E-state index contributed by atoms with van der Waals surface area (Å²) in [5.41, 5.74) is 3.13.